The quantitative estimate of drug-likeness (QED) is 0.416. The lowest BCUT2D eigenvalue weighted by Gasteiger charge is -1.69. The van der Waals surface area contributed by atoms with Crippen molar-refractivity contribution in [2.75, 3.05) is 11.9 Å². The van der Waals surface area contributed by atoms with Gasteiger partial charge in [-0.2, -0.15) is 0 Å². The van der Waals surface area contributed by atoms with E-state index in [1.807, 2.05) is 0 Å². The van der Waals surface area contributed by atoms with E-state index in [9.17, 15) is 0 Å². The van der Waals surface area contributed by atoms with E-state index in [-0.39, 0.29) is 0 Å². The highest BCUT2D eigenvalue weighted by Crippen LogP contribution is 1.85. The molecule has 0 spiro atoms. The molecule has 0 saturated carbocycles. The monoisotopic (exact) mass is 148 g/mol. The first-order valence-corrected chi connectivity index (χ1v) is 2.96. The summed E-state index contributed by atoms with van der Waals surface area (Å²) < 4.78 is 0. The SMILES string of the molecule is C#[N+]CCCBr. The van der Waals surface area contributed by atoms with Crippen molar-refractivity contribution in [3.63, 3.8) is 0 Å². The van der Waals surface area contributed by atoms with Crippen molar-refractivity contribution in [2.45, 2.75) is 6.42 Å². The average molecular weight is 149 g/mol. The number of halogens is 1. The van der Waals surface area contributed by atoms with Crippen LogP contribution in [0.2, 0.25) is 0 Å². The summed E-state index contributed by atoms with van der Waals surface area (Å²) in [5.74, 6) is 0. The molecule has 0 radical (unpaired) electrons. The predicted molar refractivity (Wildman–Crippen MR) is 31.6 cm³/mol. The fraction of sp³-hybridized carbons (Fsp3) is 0.750. The second-order valence-electron chi connectivity index (χ2n) is 0.949. The maximum atomic E-state index is 4.82. The Balaban J connectivity index is 2.54. The van der Waals surface area contributed by atoms with Gasteiger partial charge in [0.2, 0.25) is 0 Å². The standard InChI is InChI=1S/C4H7BrN/c1-6-4-2-3-5/h1H,2-4H2/q+1. The molecule has 0 amide bonds. The van der Waals surface area contributed by atoms with Crippen molar-refractivity contribution in [3.05, 3.63) is 4.85 Å². The molecular formula is C4H7BrN+. The predicted octanol–water partition coefficient (Wildman–Crippen LogP) is 1.73. The van der Waals surface area contributed by atoms with Gasteiger partial charge in [-0.15, -0.1) is 0 Å². The zero-order valence-electron chi connectivity index (χ0n) is 3.52. The van der Waals surface area contributed by atoms with E-state index >= 15 is 0 Å². The van der Waals surface area contributed by atoms with E-state index in [4.69, 9.17) is 6.57 Å². The molecule has 0 aromatic rings. The molecule has 34 valence electrons. The molecule has 0 bridgehead atoms. The summed E-state index contributed by atoms with van der Waals surface area (Å²) in [6, 6.07) is 0. The Hall–Kier alpha value is -0.0300. The third kappa shape index (κ3) is 3.97. The van der Waals surface area contributed by atoms with Crippen LogP contribution in [-0.4, -0.2) is 11.9 Å². The minimum atomic E-state index is 0.769. The molecule has 0 atom stereocenters. The highest BCUT2D eigenvalue weighted by molar-refractivity contribution is 9.09. The number of nitrogens with zero attached hydrogens (tertiary/aromatic N) is 1. The van der Waals surface area contributed by atoms with Crippen LogP contribution < -0.4 is 0 Å². The fourth-order valence-corrected chi connectivity index (χ4v) is 0.402. The Morgan fingerprint density at radius 2 is 2.33 bits per heavy atom. The van der Waals surface area contributed by atoms with Crippen LogP contribution in [0.15, 0.2) is 0 Å². The summed E-state index contributed by atoms with van der Waals surface area (Å²) in [7, 11) is 0. The van der Waals surface area contributed by atoms with Gasteiger partial charge in [-0.3, -0.25) is 0 Å². The van der Waals surface area contributed by atoms with Gasteiger partial charge >= 0.3 is 0 Å². The van der Waals surface area contributed by atoms with Gasteiger partial charge in [-0.25, -0.2) is 0 Å². The van der Waals surface area contributed by atoms with Crippen LogP contribution in [-0.2, 0) is 0 Å². The number of alkyl halides is 1. The number of hydrogen-bond acceptors (Lipinski definition) is 0. The van der Waals surface area contributed by atoms with Crippen LogP contribution in [0.3, 0.4) is 0 Å². The molecule has 1 nitrogen and oxygen atoms in total. The van der Waals surface area contributed by atoms with Gasteiger partial charge in [0.15, 0.2) is 0 Å². The van der Waals surface area contributed by atoms with Crippen LogP contribution in [0.25, 0.3) is 4.85 Å². The normalized spacial score (nSPS) is 7.33. The third-order valence-electron chi connectivity index (χ3n) is 0.421. The van der Waals surface area contributed by atoms with E-state index in [2.05, 4.69) is 20.8 Å². The highest BCUT2D eigenvalue weighted by Gasteiger charge is 1.83. The second-order valence-corrected chi connectivity index (χ2v) is 1.74. The Bertz CT molecular complexity index is 55.1. The maximum absolute atomic E-state index is 4.82. The summed E-state index contributed by atoms with van der Waals surface area (Å²) in [5, 5.41) is 0.994. The molecule has 0 aromatic heterocycles. The smallest absolute Gasteiger partial charge is 0.0925 e. The van der Waals surface area contributed by atoms with Gasteiger partial charge in [0.25, 0.3) is 13.1 Å². The first-order chi connectivity index (χ1) is 2.91. The molecule has 0 heterocycles. The van der Waals surface area contributed by atoms with Gasteiger partial charge in [0.1, 0.15) is 0 Å². The number of hydrogen-bond donors (Lipinski definition) is 0. The molecule has 2 heteroatoms. The summed E-state index contributed by atoms with van der Waals surface area (Å²) in [6.07, 6.45) is 1.04. The zero-order valence-corrected chi connectivity index (χ0v) is 5.11. The first-order valence-electron chi connectivity index (χ1n) is 1.84. The molecule has 6 heavy (non-hydrogen) atoms. The van der Waals surface area contributed by atoms with E-state index in [1.165, 1.54) is 0 Å². The van der Waals surface area contributed by atoms with E-state index in [0.717, 1.165) is 18.3 Å². The molecule has 0 aliphatic carbocycles. The average Bonchev–Trinajstić information content (AvgIpc) is 1.61. The van der Waals surface area contributed by atoms with Crippen molar-refractivity contribution in [1.82, 2.24) is 0 Å². The van der Waals surface area contributed by atoms with Gasteiger partial charge in [0, 0.05) is 11.8 Å². The van der Waals surface area contributed by atoms with E-state index in [0.29, 0.717) is 0 Å². The molecule has 0 fully saturated rings. The minimum Gasteiger partial charge on any atom is -0.0925 e. The largest absolute Gasteiger partial charge is 0.264 e. The van der Waals surface area contributed by atoms with Crippen LogP contribution in [0.4, 0.5) is 0 Å². The topological polar surface area (TPSA) is 4.36 Å². The Kier molecular flexibility index (Phi) is 4.95. The molecule has 0 aliphatic rings. The maximum Gasteiger partial charge on any atom is 0.264 e. The molecule has 0 unspecified atom stereocenters. The minimum absolute atomic E-state index is 0.769. The van der Waals surface area contributed by atoms with Crippen molar-refractivity contribution < 1.29 is 0 Å². The van der Waals surface area contributed by atoms with Crippen molar-refractivity contribution >= 4 is 15.9 Å². The van der Waals surface area contributed by atoms with Crippen molar-refractivity contribution in [3.8, 4) is 6.57 Å². The van der Waals surface area contributed by atoms with Gasteiger partial charge < -0.3 is 0 Å². The lowest BCUT2D eigenvalue weighted by Crippen LogP contribution is -1.74. The van der Waals surface area contributed by atoms with Crippen LogP contribution in [0.1, 0.15) is 6.42 Å². The van der Waals surface area contributed by atoms with Crippen molar-refractivity contribution in [1.29, 1.82) is 0 Å². The molecule has 0 aliphatic heterocycles. The first kappa shape index (κ1) is 5.97. The highest BCUT2D eigenvalue weighted by atomic mass is 79.9. The van der Waals surface area contributed by atoms with Gasteiger partial charge in [0.05, 0.1) is 0 Å². The van der Waals surface area contributed by atoms with Crippen LogP contribution in [0, 0.1) is 6.57 Å². The molecule has 0 saturated heterocycles. The van der Waals surface area contributed by atoms with Crippen LogP contribution >= 0.6 is 15.9 Å². The second kappa shape index (κ2) is 4.97. The third-order valence-corrected chi connectivity index (χ3v) is 0.982. The molecule has 0 N–H and O–H groups in total. The Morgan fingerprint density at radius 3 is 2.50 bits per heavy atom. The molecular weight excluding hydrogens is 142 g/mol. The van der Waals surface area contributed by atoms with Crippen LogP contribution in [0.5, 0.6) is 0 Å². The summed E-state index contributed by atoms with van der Waals surface area (Å²) in [4.78, 5) is 3.40. The fourth-order valence-electron chi connectivity index (χ4n) is 0.151. The van der Waals surface area contributed by atoms with E-state index in [1.54, 1.807) is 0 Å². The summed E-state index contributed by atoms with van der Waals surface area (Å²) >= 11 is 3.23. The lowest BCUT2D eigenvalue weighted by molar-refractivity contribution is 1.06. The van der Waals surface area contributed by atoms with Gasteiger partial charge in [-0.05, 0) is 0 Å². The summed E-state index contributed by atoms with van der Waals surface area (Å²) in [6.45, 7) is 5.59. The lowest BCUT2D eigenvalue weighted by atomic mass is 10.5. The Morgan fingerprint density at radius 1 is 1.67 bits per heavy atom. The van der Waals surface area contributed by atoms with Gasteiger partial charge in [-0.1, -0.05) is 20.8 Å². The molecule has 0 aromatic carbocycles. The summed E-state index contributed by atoms with van der Waals surface area (Å²) in [5.41, 5.74) is 0. The molecule has 0 rings (SSSR count). The van der Waals surface area contributed by atoms with E-state index < -0.39 is 0 Å². The zero-order chi connectivity index (χ0) is 4.83. The Labute approximate surface area is 46.3 Å². The van der Waals surface area contributed by atoms with Crippen molar-refractivity contribution in [2.24, 2.45) is 0 Å². The number of rotatable bonds is 2.